The van der Waals surface area contributed by atoms with E-state index in [9.17, 15) is 0 Å². The van der Waals surface area contributed by atoms with Gasteiger partial charge in [-0.25, -0.2) is 0 Å². The first-order chi connectivity index (χ1) is 7.93. The van der Waals surface area contributed by atoms with Crippen LogP contribution in [0, 0.1) is 0 Å². The van der Waals surface area contributed by atoms with E-state index in [1.807, 2.05) is 13.8 Å². The minimum atomic E-state index is 0.930. The second-order valence-corrected chi connectivity index (χ2v) is 3.57. The highest BCUT2D eigenvalue weighted by Crippen LogP contribution is 2.23. The molecule has 0 bridgehead atoms. The molecule has 0 aliphatic heterocycles. The minimum absolute atomic E-state index is 0.930. The van der Waals surface area contributed by atoms with E-state index in [0.717, 1.165) is 24.2 Å². The molecule has 2 nitrogen and oxygen atoms in total. The van der Waals surface area contributed by atoms with E-state index in [0.29, 0.717) is 0 Å². The van der Waals surface area contributed by atoms with Crippen LogP contribution < -0.4 is 0 Å². The summed E-state index contributed by atoms with van der Waals surface area (Å²) >= 11 is 0. The molecule has 0 spiro atoms. The van der Waals surface area contributed by atoms with Gasteiger partial charge >= 0.3 is 0 Å². The van der Waals surface area contributed by atoms with Gasteiger partial charge in [0.25, 0.3) is 0 Å². The van der Waals surface area contributed by atoms with Gasteiger partial charge in [-0.2, -0.15) is 0 Å². The van der Waals surface area contributed by atoms with Crippen LogP contribution in [0.5, 0.6) is 0 Å². The molecule has 1 aliphatic rings. The molecule has 1 aromatic heterocycles. The molecule has 0 atom stereocenters. The van der Waals surface area contributed by atoms with Crippen LogP contribution in [0.3, 0.4) is 0 Å². The zero-order valence-corrected chi connectivity index (χ0v) is 9.77. The third-order valence-corrected chi connectivity index (χ3v) is 2.69. The average molecular weight is 212 g/mol. The first-order valence-corrected chi connectivity index (χ1v) is 5.79. The summed E-state index contributed by atoms with van der Waals surface area (Å²) in [4.78, 5) is 8.71. The van der Waals surface area contributed by atoms with Crippen LogP contribution in [0.2, 0.25) is 0 Å². The maximum atomic E-state index is 4.36. The Balaban J connectivity index is 0.000000457. The van der Waals surface area contributed by atoms with Gasteiger partial charge < -0.3 is 0 Å². The first-order valence-electron chi connectivity index (χ1n) is 5.79. The summed E-state index contributed by atoms with van der Waals surface area (Å²) in [6, 6.07) is 8.51. The van der Waals surface area contributed by atoms with Crippen molar-refractivity contribution in [1.82, 2.24) is 9.97 Å². The van der Waals surface area contributed by atoms with E-state index in [1.165, 1.54) is 11.1 Å². The van der Waals surface area contributed by atoms with Crippen molar-refractivity contribution >= 4 is 0 Å². The molecular formula is C14H16N2. The molecule has 1 heterocycles. The lowest BCUT2D eigenvalue weighted by Crippen LogP contribution is -2.10. The van der Waals surface area contributed by atoms with E-state index in [-0.39, 0.29) is 0 Å². The zero-order valence-electron chi connectivity index (χ0n) is 9.77. The van der Waals surface area contributed by atoms with Crippen LogP contribution in [0.4, 0.5) is 0 Å². The fourth-order valence-electron chi connectivity index (χ4n) is 1.95. The molecule has 2 heteroatoms. The second-order valence-electron chi connectivity index (χ2n) is 3.57. The van der Waals surface area contributed by atoms with Gasteiger partial charge in [0.05, 0.1) is 11.4 Å². The molecule has 2 aromatic rings. The lowest BCUT2D eigenvalue weighted by Gasteiger charge is -2.16. The fourth-order valence-corrected chi connectivity index (χ4v) is 1.95. The van der Waals surface area contributed by atoms with Crippen LogP contribution in [0.1, 0.15) is 36.4 Å². The largest absolute Gasteiger partial charge is 0.257 e. The van der Waals surface area contributed by atoms with E-state index < -0.39 is 0 Å². The standard InChI is InChI=1S/C12H10N2.C2H6/c1-2-4-10-8-12-11(7-9(10)3-1)13-5-6-14-12;1-2/h1-6H,7-8H2;1-2H3. The van der Waals surface area contributed by atoms with Crippen molar-refractivity contribution in [2.75, 3.05) is 0 Å². The Morgan fingerprint density at radius 1 is 0.812 bits per heavy atom. The Bertz CT molecular complexity index is 390. The van der Waals surface area contributed by atoms with Gasteiger partial charge in [-0.15, -0.1) is 0 Å². The third-order valence-electron chi connectivity index (χ3n) is 2.69. The predicted octanol–water partition coefficient (Wildman–Crippen LogP) is 3.00. The topological polar surface area (TPSA) is 25.8 Å². The third kappa shape index (κ3) is 1.96. The second kappa shape index (κ2) is 4.88. The SMILES string of the molecule is CC.c1ccc2c(c1)Cc1nccnc1C2. The first kappa shape index (κ1) is 10.8. The molecule has 0 radical (unpaired) electrons. The number of hydrogen-bond donors (Lipinski definition) is 0. The fraction of sp³-hybridized carbons (Fsp3) is 0.286. The van der Waals surface area contributed by atoms with E-state index in [4.69, 9.17) is 0 Å². The molecule has 3 rings (SSSR count). The molecule has 16 heavy (non-hydrogen) atoms. The number of rotatable bonds is 0. The number of aromatic nitrogens is 2. The number of hydrogen-bond acceptors (Lipinski definition) is 2. The van der Waals surface area contributed by atoms with Crippen molar-refractivity contribution in [3.8, 4) is 0 Å². The Hall–Kier alpha value is -1.70. The molecule has 1 aliphatic carbocycles. The summed E-state index contributed by atoms with van der Waals surface area (Å²) in [5, 5.41) is 0. The average Bonchev–Trinajstić information content (AvgIpc) is 2.38. The molecule has 0 fully saturated rings. The summed E-state index contributed by atoms with van der Waals surface area (Å²) < 4.78 is 0. The smallest absolute Gasteiger partial charge is 0.0666 e. The van der Waals surface area contributed by atoms with Gasteiger partial charge in [0.2, 0.25) is 0 Å². The molecule has 0 N–H and O–H groups in total. The molecular weight excluding hydrogens is 196 g/mol. The van der Waals surface area contributed by atoms with Crippen molar-refractivity contribution in [2.24, 2.45) is 0 Å². The highest BCUT2D eigenvalue weighted by atomic mass is 14.8. The van der Waals surface area contributed by atoms with Gasteiger partial charge in [-0.05, 0) is 11.1 Å². The van der Waals surface area contributed by atoms with Crippen LogP contribution >= 0.6 is 0 Å². The molecule has 1 aromatic carbocycles. The maximum Gasteiger partial charge on any atom is 0.0666 e. The Kier molecular flexibility index (Phi) is 3.30. The summed E-state index contributed by atoms with van der Waals surface area (Å²) in [5.41, 5.74) is 5.04. The zero-order chi connectivity index (χ0) is 11.4. The summed E-state index contributed by atoms with van der Waals surface area (Å²) in [6.07, 6.45) is 5.40. The lowest BCUT2D eigenvalue weighted by molar-refractivity contribution is 0.886. The van der Waals surface area contributed by atoms with E-state index in [1.54, 1.807) is 12.4 Å². The molecule has 0 saturated heterocycles. The highest BCUT2D eigenvalue weighted by molar-refractivity contribution is 5.39. The number of benzene rings is 1. The monoisotopic (exact) mass is 212 g/mol. The molecule has 82 valence electrons. The highest BCUT2D eigenvalue weighted by Gasteiger charge is 2.15. The quantitative estimate of drug-likeness (QED) is 0.572. The maximum absolute atomic E-state index is 4.36. The van der Waals surface area contributed by atoms with Crippen molar-refractivity contribution < 1.29 is 0 Å². The van der Waals surface area contributed by atoms with Gasteiger partial charge in [0.15, 0.2) is 0 Å². The van der Waals surface area contributed by atoms with Crippen LogP contribution in [-0.2, 0) is 12.8 Å². The van der Waals surface area contributed by atoms with Crippen molar-refractivity contribution in [3.63, 3.8) is 0 Å². The minimum Gasteiger partial charge on any atom is -0.257 e. The Morgan fingerprint density at radius 3 is 1.69 bits per heavy atom. The van der Waals surface area contributed by atoms with Crippen LogP contribution in [-0.4, -0.2) is 9.97 Å². The van der Waals surface area contributed by atoms with Gasteiger partial charge in [0, 0.05) is 25.2 Å². The molecule has 0 amide bonds. The molecule has 0 unspecified atom stereocenters. The van der Waals surface area contributed by atoms with Crippen molar-refractivity contribution in [1.29, 1.82) is 0 Å². The normalized spacial score (nSPS) is 11.9. The van der Waals surface area contributed by atoms with Crippen LogP contribution in [0.25, 0.3) is 0 Å². The van der Waals surface area contributed by atoms with E-state index >= 15 is 0 Å². The predicted molar refractivity (Wildman–Crippen MR) is 65.4 cm³/mol. The summed E-state index contributed by atoms with van der Waals surface area (Å²) in [6.45, 7) is 4.00. The Labute approximate surface area is 96.4 Å². The van der Waals surface area contributed by atoms with Crippen molar-refractivity contribution in [3.05, 3.63) is 59.2 Å². The number of nitrogens with zero attached hydrogens (tertiary/aromatic N) is 2. The number of fused-ring (bicyclic) bond motifs is 2. The van der Waals surface area contributed by atoms with Gasteiger partial charge in [0.1, 0.15) is 0 Å². The van der Waals surface area contributed by atoms with Crippen molar-refractivity contribution in [2.45, 2.75) is 26.7 Å². The van der Waals surface area contributed by atoms with Crippen LogP contribution in [0.15, 0.2) is 36.7 Å². The lowest BCUT2D eigenvalue weighted by atomic mass is 9.92. The van der Waals surface area contributed by atoms with Gasteiger partial charge in [-0.1, -0.05) is 38.1 Å². The molecule has 0 saturated carbocycles. The Morgan fingerprint density at radius 2 is 1.25 bits per heavy atom. The summed E-state index contributed by atoms with van der Waals surface area (Å²) in [7, 11) is 0. The summed E-state index contributed by atoms with van der Waals surface area (Å²) in [5.74, 6) is 0. The van der Waals surface area contributed by atoms with E-state index in [2.05, 4.69) is 34.2 Å². The van der Waals surface area contributed by atoms with Gasteiger partial charge in [-0.3, -0.25) is 9.97 Å².